The first-order valence-corrected chi connectivity index (χ1v) is 11.9. The molecule has 5 rings (SSSR count). The Morgan fingerprint density at radius 3 is 2.71 bits per heavy atom. The Hall–Kier alpha value is -3.11. The van der Waals surface area contributed by atoms with Gasteiger partial charge < -0.3 is 19.6 Å². The topological polar surface area (TPSA) is 90.6 Å². The number of nitrogens with one attached hydrogen (secondary N) is 1. The molecular weight excluding hydrogens is 437 g/mol. The van der Waals surface area contributed by atoms with E-state index < -0.39 is 0 Å². The summed E-state index contributed by atoms with van der Waals surface area (Å²) in [6.07, 6.45) is 2.94. The lowest BCUT2D eigenvalue weighted by Crippen LogP contribution is -2.48. The number of aromatic nitrogens is 3. The fourth-order valence-electron chi connectivity index (χ4n) is 4.75. The number of carbonyl (C=O) groups excluding carboxylic acids is 1. The molecule has 2 aliphatic heterocycles. The van der Waals surface area contributed by atoms with Crippen molar-refractivity contribution in [2.75, 3.05) is 64.3 Å². The van der Waals surface area contributed by atoms with Crippen LogP contribution in [0.15, 0.2) is 35.1 Å². The second-order valence-electron chi connectivity index (χ2n) is 9.12. The highest BCUT2D eigenvalue weighted by molar-refractivity contribution is 5.98. The number of nitrogens with zero attached hydrogens (tertiary/aromatic N) is 6. The molecule has 0 radical (unpaired) electrons. The Morgan fingerprint density at radius 2 is 1.94 bits per heavy atom. The first kappa shape index (κ1) is 22.7. The third-order valence-electron chi connectivity index (χ3n) is 6.84. The van der Waals surface area contributed by atoms with Gasteiger partial charge in [-0.25, -0.2) is 9.37 Å². The highest BCUT2D eigenvalue weighted by Crippen LogP contribution is 2.34. The molecule has 3 aromatic rings. The van der Waals surface area contributed by atoms with Crippen molar-refractivity contribution in [2.45, 2.75) is 12.8 Å². The zero-order valence-corrected chi connectivity index (χ0v) is 19.4. The van der Waals surface area contributed by atoms with Gasteiger partial charge in [0.2, 0.25) is 5.91 Å². The fourth-order valence-corrected chi connectivity index (χ4v) is 4.75. The van der Waals surface area contributed by atoms with Gasteiger partial charge in [0.05, 0.1) is 0 Å². The lowest BCUT2D eigenvalue weighted by Gasteiger charge is -2.33. The van der Waals surface area contributed by atoms with Crippen molar-refractivity contribution in [3.05, 3.63) is 36.4 Å². The smallest absolute Gasteiger partial charge is 0.263 e. The number of hydrogen-bond acceptors (Lipinski definition) is 8. The number of halogens is 1. The van der Waals surface area contributed by atoms with E-state index in [1.54, 1.807) is 12.1 Å². The second-order valence-corrected chi connectivity index (χ2v) is 9.12. The summed E-state index contributed by atoms with van der Waals surface area (Å²) in [5.74, 6) is 0.490. The number of likely N-dealkylation sites (N-methyl/N-ethyl adjacent to an activating group) is 1. The van der Waals surface area contributed by atoms with Crippen molar-refractivity contribution < 1.29 is 13.7 Å². The summed E-state index contributed by atoms with van der Waals surface area (Å²) in [7, 11) is 2.14. The summed E-state index contributed by atoms with van der Waals surface area (Å²) in [6.45, 7) is 7.23. The molecule has 0 bridgehead atoms. The number of piperazine rings is 1. The second kappa shape index (κ2) is 10.0. The summed E-state index contributed by atoms with van der Waals surface area (Å²) in [6, 6.07) is 6.25. The van der Waals surface area contributed by atoms with E-state index in [-0.39, 0.29) is 17.6 Å². The van der Waals surface area contributed by atoms with Crippen LogP contribution >= 0.6 is 0 Å². The minimum Gasteiger partial charge on any atom is -0.356 e. The molecule has 34 heavy (non-hydrogen) atoms. The maximum atomic E-state index is 13.8. The van der Waals surface area contributed by atoms with E-state index in [0.717, 1.165) is 45.6 Å². The molecule has 4 heterocycles. The highest BCUT2D eigenvalue weighted by Gasteiger charge is 2.28. The molecule has 180 valence electrons. The molecule has 9 nitrogen and oxygen atoms in total. The number of rotatable bonds is 6. The molecule has 2 aliphatic rings. The van der Waals surface area contributed by atoms with Gasteiger partial charge in [-0.1, -0.05) is 17.3 Å². The maximum absolute atomic E-state index is 13.8. The van der Waals surface area contributed by atoms with Crippen molar-refractivity contribution in [3.8, 4) is 11.3 Å². The number of fused-ring (bicyclic) bond motifs is 1. The number of piperidine rings is 1. The standard InChI is InChI=1S/C24H30FN7O2/c1-30-11-13-31(14-12-30)10-7-26-23(33)17-5-8-32(9-6-17)22-20-21(18-3-2-4-19(25)15-18)29-34-24(20)28-16-27-22/h2-4,15-17H,5-14H2,1H3,(H,26,33). The lowest BCUT2D eigenvalue weighted by atomic mass is 9.95. The molecule has 10 heteroatoms. The van der Waals surface area contributed by atoms with E-state index in [2.05, 4.69) is 42.2 Å². The van der Waals surface area contributed by atoms with Crippen LogP contribution in [0.4, 0.5) is 10.2 Å². The molecule has 2 aromatic heterocycles. The Labute approximate surface area is 197 Å². The van der Waals surface area contributed by atoms with Crippen LogP contribution in [0.5, 0.6) is 0 Å². The number of carbonyl (C=O) groups is 1. The van der Waals surface area contributed by atoms with Crippen LogP contribution in [0.1, 0.15) is 12.8 Å². The summed E-state index contributed by atoms with van der Waals surface area (Å²) in [4.78, 5) is 28.3. The molecule has 0 saturated carbocycles. The van der Waals surface area contributed by atoms with E-state index >= 15 is 0 Å². The first-order chi connectivity index (χ1) is 16.6. The number of anilines is 1. The Morgan fingerprint density at radius 1 is 1.15 bits per heavy atom. The number of benzene rings is 1. The molecular formula is C24H30FN7O2. The summed E-state index contributed by atoms with van der Waals surface area (Å²) >= 11 is 0. The monoisotopic (exact) mass is 467 g/mol. The lowest BCUT2D eigenvalue weighted by molar-refractivity contribution is -0.125. The molecule has 2 saturated heterocycles. The normalized spacial score (nSPS) is 18.5. The third-order valence-corrected chi connectivity index (χ3v) is 6.84. The van der Waals surface area contributed by atoms with Gasteiger partial charge in [-0.3, -0.25) is 9.69 Å². The zero-order valence-electron chi connectivity index (χ0n) is 19.4. The minimum absolute atomic E-state index is 0.00812. The Balaban J connectivity index is 1.21. The Bertz CT molecular complexity index is 1140. The van der Waals surface area contributed by atoms with Crippen LogP contribution in [-0.4, -0.2) is 90.2 Å². The van der Waals surface area contributed by atoms with Gasteiger partial charge in [-0.05, 0) is 32.0 Å². The van der Waals surface area contributed by atoms with Gasteiger partial charge in [-0.15, -0.1) is 0 Å². The van der Waals surface area contributed by atoms with E-state index in [0.29, 0.717) is 47.8 Å². The predicted octanol–water partition coefficient (Wildman–Crippen LogP) is 2.00. The number of hydrogen-bond donors (Lipinski definition) is 1. The van der Waals surface area contributed by atoms with Crippen LogP contribution in [0.2, 0.25) is 0 Å². The molecule has 0 aliphatic carbocycles. The minimum atomic E-state index is -0.341. The molecule has 2 fully saturated rings. The van der Waals surface area contributed by atoms with Crippen molar-refractivity contribution in [1.29, 1.82) is 0 Å². The van der Waals surface area contributed by atoms with Crippen LogP contribution in [-0.2, 0) is 4.79 Å². The van der Waals surface area contributed by atoms with Crippen LogP contribution in [0.3, 0.4) is 0 Å². The average Bonchev–Trinajstić information content (AvgIpc) is 3.30. The first-order valence-electron chi connectivity index (χ1n) is 11.9. The molecule has 0 unspecified atom stereocenters. The number of amides is 1. The summed E-state index contributed by atoms with van der Waals surface area (Å²) in [5, 5.41) is 7.94. The molecule has 1 amide bonds. The van der Waals surface area contributed by atoms with Gasteiger partial charge in [0.15, 0.2) is 0 Å². The third kappa shape index (κ3) is 4.88. The van der Waals surface area contributed by atoms with Crippen molar-refractivity contribution in [2.24, 2.45) is 5.92 Å². The average molecular weight is 468 g/mol. The molecule has 1 aromatic carbocycles. The van der Waals surface area contributed by atoms with Gasteiger partial charge >= 0.3 is 0 Å². The van der Waals surface area contributed by atoms with Crippen molar-refractivity contribution in [1.82, 2.24) is 30.2 Å². The van der Waals surface area contributed by atoms with Crippen LogP contribution in [0.25, 0.3) is 22.4 Å². The van der Waals surface area contributed by atoms with E-state index in [9.17, 15) is 9.18 Å². The largest absolute Gasteiger partial charge is 0.356 e. The SMILES string of the molecule is CN1CCN(CCNC(=O)C2CCN(c3ncnc4onc(-c5cccc(F)c5)c34)CC2)CC1. The van der Waals surface area contributed by atoms with Gasteiger partial charge in [0, 0.05) is 63.8 Å². The molecule has 0 spiro atoms. The van der Waals surface area contributed by atoms with Crippen LogP contribution in [0, 0.1) is 11.7 Å². The summed E-state index contributed by atoms with van der Waals surface area (Å²) < 4.78 is 19.2. The van der Waals surface area contributed by atoms with Crippen LogP contribution < -0.4 is 10.2 Å². The van der Waals surface area contributed by atoms with Gasteiger partial charge in [-0.2, -0.15) is 4.98 Å². The zero-order chi connectivity index (χ0) is 23.5. The van der Waals surface area contributed by atoms with Crippen molar-refractivity contribution >= 4 is 22.8 Å². The van der Waals surface area contributed by atoms with E-state index in [1.807, 2.05) is 0 Å². The van der Waals surface area contributed by atoms with Gasteiger partial charge in [0.25, 0.3) is 5.71 Å². The Kier molecular flexibility index (Phi) is 6.68. The maximum Gasteiger partial charge on any atom is 0.263 e. The van der Waals surface area contributed by atoms with Gasteiger partial charge in [0.1, 0.15) is 29.0 Å². The van der Waals surface area contributed by atoms with E-state index in [4.69, 9.17) is 4.52 Å². The fraction of sp³-hybridized carbons (Fsp3) is 0.500. The summed E-state index contributed by atoms with van der Waals surface area (Å²) in [5.41, 5.74) is 1.51. The van der Waals surface area contributed by atoms with E-state index in [1.165, 1.54) is 18.5 Å². The predicted molar refractivity (Wildman–Crippen MR) is 127 cm³/mol. The van der Waals surface area contributed by atoms with Crippen molar-refractivity contribution in [3.63, 3.8) is 0 Å². The molecule has 1 N–H and O–H groups in total. The quantitative estimate of drug-likeness (QED) is 0.589. The highest BCUT2D eigenvalue weighted by atomic mass is 19.1. The molecule has 0 atom stereocenters.